The molecule has 94 valence electrons. The molecule has 1 rings (SSSR count). The van der Waals surface area contributed by atoms with Gasteiger partial charge in [0.05, 0.1) is 0 Å². The summed E-state index contributed by atoms with van der Waals surface area (Å²) in [5.41, 5.74) is 0. The zero-order valence-electron chi connectivity index (χ0n) is 11.1. The van der Waals surface area contributed by atoms with Crippen LogP contribution in [0.3, 0.4) is 0 Å². The highest BCUT2D eigenvalue weighted by Crippen LogP contribution is 2.17. The van der Waals surface area contributed by atoms with Crippen LogP contribution in [-0.4, -0.2) is 18.4 Å². The summed E-state index contributed by atoms with van der Waals surface area (Å²) in [7, 11) is 0. The van der Waals surface area contributed by atoms with Crippen LogP contribution in [0, 0.1) is 11.8 Å². The van der Waals surface area contributed by atoms with Crippen molar-refractivity contribution in [2.45, 2.75) is 65.3 Å². The van der Waals surface area contributed by atoms with Crippen LogP contribution < -0.4 is 5.32 Å². The first kappa shape index (κ1) is 13.7. The quantitative estimate of drug-likeness (QED) is 0.752. The minimum absolute atomic E-state index is 0.253. The monoisotopic (exact) mass is 225 g/mol. The zero-order valence-corrected chi connectivity index (χ0v) is 11.1. The molecule has 1 saturated heterocycles. The smallest absolute Gasteiger partial charge is 0.135 e. The van der Waals surface area contributed by atoms with Gasteiger partial charge in [-0.3, -0.25) is 4.79 Å². The van der Waals surface area contributed by atoms with Crippen LogP contribution in [0.2, 0.25) is 0 Å². The summed E-state index contributed by atoms with van der Waals surface area (Å²) in [5.74, 6) is 1.34. The van der Waals surface area contributed by atoms with Crippen LogP contribution in [0.4, 0.5) is 0 Å². The second-order valence-electron chi connectivity index (χ2n) is 5.68. The van der Waals surface area contributed by atoms with Crippen molar-refractivity contribution in [3.8, 4) is 0 Å². The van der Waals surface area contributed by atoms with Crippen molar-refractivity contribution in [1.29, 1.82) is 0 Å². The molecule has 1 N–H and O–H groups in total. The zero-order chi connectivity index (χ0) is 12.0. The molecular formula is C14H27NO. The van der Waals surface area contributed by atoms with Gasteiger partial charge in [-0.15, -0.1) is 0 Å². The van der Waals surface area contributed by atoms with Crippen molar-refractivity contribution in [1.82, 2.24) is 5.32 Å². The Morgan fingerprint density at radius 2 is 2.06 bits per heavy atom. The minimum atomic E-state index is 0.253. The van der Waals surface area contributed by atoms with E-state index in [0.29, 0.717) is 17.7 Å². The molecule has 0 aromatic carbocycles. The van der Waals surface area contributed by atoms with Crippen LogP contribution in [0.25, 0.3) is 0 Å². The largest absolute Gasteiger partial charge is 0.314 e. The van der Waals surface area contributed by atoms with Crippen LogP contribution in [0.1, 0.15) is 59.3 Å². The molecule has 1 fully saturated rings. The summed E-state index contributed by atoms with van der Waals surface area (Å²) in [6, 6.07) is 0.601. The standard InChI is InChI=1S/C14H27NO/c1-11(2)10-12(3)14(16)8-7-13-6-4-5-9-15-13/h11-13,15H,4-10H2,1-3H3/t12-,13?/m0/s1. The Morgan fingerprint density at radius 1 is 1.31 bits per heavy atom. The normalized spacial score (nSPS) is 23.4. The van der Waals surface area contributed by atoms with Crippen molar-refractivity contribution in [2.75, 3.05) is 6.54 Å². The van der Waals surface area contributed by atoms with E-state index in [9.17, 15) is 4.79 Å². The maximum absolute atomic E-state index is 11.9. The highest BCUT2D eigenvalue weighted by molar-refractivity contribution is 5.80. The number of carbonyl (C=O) groups is 1. The summed E-state index contributed by atoms with van der Waals surface area (Å²) in [4.78, 5) is 11.9. The molecule has 0 spiro atoms. The molecule has 0 aromatic heterocycles. The molecule has 2 nitrogen and oxygen atoms in total. The summed E-state index contributed by atoms with van der Waals surface area (Å²) < 4.78 is 0. The number of rotatable bonds is 6. The van der Waals surface area contributed by atoms with Crippen LogP contribution >= 0.6 is 0 Å². The number of nitrogens with one attached hydrogen (secondary N) is 1. The van der Waals surface area contributed by atoms with Gasteiger partial charge in [0, 0.05) is 18.4 Å². The Labute approximate surface area is 100 Å². The maximum Gasteiger partial charge on any atom is 0.135 e. The van der Waals surface area contributed by atoms with E-state index < -0.39 is 0 Å². The molecule has 0 aromatic rings. The lowest BCUT2D eigenvalue weighted by molar-refractivity contribution is -0.123. The third kappa shape index (κ3) is 5.11. The lowest BCUT2D eigenvalue weighted by Crippen LogP contribution is -2.34. The van der Waals surface area contributed by atoms with Crippen molar-refractivity contribution >= 4 is 5.78 Å². The maximum atomic E-state index is 11.9. The number of Topliss-reactive ketones (excluding diaryl/α,β-unsaturated/α-hetero) is 1. The van der Waals surface area contributed by atoms with Gasteiger partial charge in [-0.2, -0.15) is 0 Å². The fraction of sp³-hybridized carbons (Fsp3) is 0.929. The first-order chi connectivity index (χ1) is 7.59. The number of hydrogen-bond acceptors (Lipinski definition) is 2. The molecule has 1 heterocycles. The summed E-state index contributed by atoms with van der Waals surface area (Å²) in [5, 5.41) is 3.50. The van der Waals surface area contributed by atoms with E-state index >= 15 is 0 Å². The molecule has 2 atom stereocenters. The predicted octanol–water partition coefficient (Wildman–Crippen LogP) is 3.16. The van der Waals surface area contributed by atoms with Gasteiger partial charge in [0.25, 0.3) is 0 Å². The van der Waals surface area contributed by atoms with Crippen molar-refractivity contribution < 1.29 is 4.79 Å². The summed E-state index contributed by atoms with van der Waals surface area (Å²) in [6.07, 6.45) is 6.73. The summed E-state index contributed by atoms with van der Waals surface area (Å²) in [6.45, 7) is 7.59. The molecular weight excluding hydrogens is 198 g/mol. The highest BCUT2D eigenvalue weighted by Gasteiger charge is 2.17. The Morgan fingerprint density at radius 3 is 2.62 bits per heavy atom. The molecule has 0 bridgehead atoms. The lowest BCUT2D eigenvalue weighted by Gasteiger charge is -2.23. The highest BCUT2D eigenvalue weighted by atomic mass is 16.1. The van der Waals surface area contributed by atoms with Gasteiger partial charge in [-0.1, -0.05) is 27.2 Å². The first-order valence-corrected chi connectivity index (χ1v) is 6.85. The van der Waals surface area contributed by atoms with E-state index in [-0.39, 0.29) is 5.92 Å². The van der Waals surface area contributed by atoms with Crippen LogP contribution in [-0.2, 0) is 4.79 Å². The van der Waals surface area contributed by atoms with E-state index in [1.165, 1.54) is 19.3 Å². The molecule has 0 radical (unpaired) electrons. The van der Waals surface area contributed by atoms with E-state index in [0.717, 1.165) is 25.8 Å². The number of hydrogen-bond donors (Lipinski definition) is 1. The van der Waals surface area contributed by atoms with Gasteiger partial charge in [0.15, 0.2) is 0 Å². The average molecular weight is 225 g/mol. The molecule has 0 amide bonds. The Kier molecular flexibility index (Phi) is 6.04. The Hall–Kier alpha value is -0.370. The van der Waals surface area contributed by atoms with Gasteiger partial charge in [0.2, 0.25) is 0 Å². The SMILES string of the molecule is CC(C)C[C@H](C)C(=O)CCC1CCCCN1. The molecule has 2 heteroatoms. The van der Waals surface area contributed by atoms with Gasteiger partial charge in [-0.05, 0) is 38.1 Å². The molecule has 1 aliphatic heterocycles. The van der Waals surface area contributed by atoms with Gasteiger partial charge in [0.1, 0.15) is 5.78 Å². The number of piperidine rings is 1. The van der Waals surface area contributed by atoms with Gasteiger partial charge >= 0.3 is 0 Å². The average Bonchev–Trinajstić information content (AvgIpc) is 2.26. The Balaban J connectivity index is 2.17. The van der Waals surface area contributed by atoms with Crippen molar-refractivity contribution in [3.63, 3.8) is 0 Å². The minimum Gasteiger partial charge on any atom is -0.314 e. The van der Waals surface area contributed by atoms with E-state index in [4.69, 9.17) is 0 Å². The topological polar surface area (TPSA) is 29.1 Å². The van der Waals surface area contributed by atoms with E-state index in [2.05, 4.69) is 26.1 Å². The van der Waals surface area contributed by atoms with E-state index in [1.807, 2.05) is 0 Å². The van der Waals surface area contributed by atoms with Crippen LogP contribution in [0.5, 0.6) is 0 Å². The molecule has 16 heavy (non-hydrogen) atoms. The number of ketones is 1. The first-order valence-electron chi connectivity index (χ1n) is 6.85. The second-order valence-corrected chi connectivity index (χ2v) is 5.68. The third-order valence-electron chi connectivity index (χ3n) is 3.53. The Bertz CT molecular complexity index is 207. The fourth-order valence-electron chi connectivity index (χ4n) is 2.57. The van der Waals surface area contributed by atoms with Crippen molar-refractivity contribution in [3.05, 3.63) is 0 Å². The van der Waals surface area contributed by atoms with Gasteiger partial charge in [-0.25, -0.2) is 0 Å². The van der Waals surface area contributed by atoms with Gasteiger partial charge < -0.3 is 5.32 Å². The van der Waals surface area contributed by atoms with E-state index in [1.54, 1.807) is 0 Å². The summed E-state index contributed by atoms with van der Waals surface area (Å²) >= 11 is 0. The third-order valence-corrected chi connectivity index (χ3v) is 3.53. The lowest BCUT2D eigenvalue weighted by atomic mass is 9.91. The molecule has 1 unspecified atom stereocenters. The van der Waals surface area contributed by atoms with Crippen LogP contribution in [0.15, 0.2) is 0 Å². The molecule has 1 aliphatic rings. The fourth-order valence-corrected chi connectivity index (χ4v) is 2.57. The second kappa shape index (κ2) is 7.05. The molecule has 0 aliphatic carbocycles. The predicted molar refractivity (Wildman–Crippen MR) is 68.5 cm³/mol. The van der Waals surface area contributed by atoms with Crippen molar-refractivity contribution in [2.24, 2.45) is 11.8 Å². The molecule has 0 saturated carbocycles. The number of carbonyl (C=O) groups excluding carboxylic acids is 1.